The Morgan fingerprint density at radius 1 is 1.05 bits per heavy atom. The maximum absolute atomic E-state index is 12.4. The SMILES string of the molecule is CCNC(CCC(F)(F)F)Cc1ccc(C(C)(C)C)cc1. The largest absolute Gasteiger partial charge is 0.389 e. The highest BCUT2D eigenvalue weighted by Gasteiger charge is 2.28. The van der Waals surface area contributed by atoms with Crippen LogP contribution in [0.5, 0.6) is 0 Å². The van der Waals surface area contributed by atoms with E-state index in [0.717, 1.165) is 5.56 Å². The molecule has 21 heavy (non-hydrogen) atoms. The van der Waals surface area contributed by atoms with E-state index < -0.39 is 12.6 Å². The summed E-state index contributed by atoms with van der Waals surface area (Å²) in [6.07, 6.45) is -4.05. The van der Waals surface area contributed by atoms with E-state index in [-0.39, 0.29) is 17.9 Å². The molecule has 1 aromatic rings. The van der Waals surface area contributed by atoms with Crippen LogP contribution in [0.1, 0.15) is 51.7 Å². The highest BCUT2D eigenvalue weighted by molar-refractivity contribution is 5.28. The number of halogens is 3. The van der Waals surface area contributed by atoms with Crippen molar-refractivity contribution in [2.45, 2.75) is 64.6 Å². The van der Waals surface area contributed by atoms with Crippen LogP contribution in [-0.2, 0) is 11.8 Å². The average Bonchev–Trinajstić information content (AvgIpc) is 2.35. The lowest BCUT2D eigenvalue weighted by Crippen LogP contribution is -2.32. The molecule has 1 unspecified atom stereocenters. The summed E-state index contributed by atoms with van der Waals surface area (Å²) in [5.74, 6) is 0. The number of nitrogens with one attached hydrogen (secondary N) is 1. The molecule has 0 radical (unpaired) electrons. The molecule has 0 saturated heterocycles. The van der Waals surface area contributed by atoms with Gasteiger partial charge in [0.1, 0.15) is 0 Å². The van der Waals surface area contributed by atoms with Crippen LogP contribution in [0.2, 0.25) is 0 Å². The van der Waals surface area contributed by atoms with Crippen molar-refractivity contribution in [2.75, 3.05) is 6.54 Å². The van der Waals surface area contributed by atoms with Gasteiger partial charge in [-0.2, -0.15) is 13.2 Å². The summed E-state index contributed by atoms with van der Waals surface area (Å²) in [6.45, 7) is 9.04. The molecule has 0 fully saturated rings. The molecule has 0 heterocycles. The monoisotopic (exact) mass is 301 g/mol. The maximum atomic E-state index is 12.4. The lowest BCUT2D eigenvalue weighted by Gasteiger charge is -2.21. The van der Waals surface area contributed by atoms with Gasteiger partial charge in [0.15, 0.2) is 0 Å². The highest BCUT2D eigenvalue weighted by Crippen LogP contribution is 2.25. The molecule has 0 aliphatic carbocycles. The smallest absolute Gasteiger partial charge is 0.314 e. The molecule has 0 bridgehead atoms. The Labute approximate surface area is 125 Å². The fraction of sp³-hybridized carbons (Fsp3) is 0.647. The Kier molecular flexibility index (Phi) is 6.26. The van der Waals surface area contributed by atoms with Gasteiger partial charge in [-0.3, -0.25) is 0 Å². The molecule has 120 valence electrons. The molecular formula is C17H26F3N. The van der Waals surface area contributed by atoms with Crippen molar-refractivity contribution < 1.29 is 13.2 Å². The first-order valence-electron chi connectivity index (χ1n) is 7.51. The Bertz CT molecular complexity index is 415. The molecule has 1 N–H and O–H groups in total. The number of hydrogen-bond acceptors (Lipinski definition) is 1. The Balaban J connectivity index is 2.66. The summed E-state index contributed by atoms with van der Waals surface area (Å²) in [5.41, 5.74) is 2.41. The summed E-state index contributed by atoms with van der Waals surface area (Å²) in [4.78, 5) is 0. The Hall–Kier alpha value is -1.03. The lowest BCUT2D eigenvalue weighted by atomic mass is 9.86. The van der Waals surface area contributed by atoms with E-state index in [1.165, 1.54) is 5.56 Å². The van der Waals surface area contributed by atoms with E-state index in [1.807, 2.05) is 19.1 Å². The van der Waals surface area contributed by atoms with E-state index in [4.69, 9.17) is 0 Å². The van der Waals surface area contributed by atoms with E-state index >= 15 is 0 Å². The standard InChI is InChI=1S/C17H26F3N/c1-5-21-15(10-11-17(18,19)20)12-13-6-8-14(9-7-13)16(2,3)4/h6-9,15,21H,5,10-12H2,1-4H3. The van der Waals surface area contributed by atoms with Crippen LogP contribution in [0.15, 0.2) is 24.3 Å². The normalized spacial score (nSPS) is 14.2. The summed E-state index contributed by atoms with van der Waals surface area (Å²) in [5, 5.41) is 3.15. The minimum absolute atomic E-state index is 0.0931. The van der Waals surface area contributed by atoms with Gasteiger partial charge in [-0.25, -0.2) is 0 Å². The van der Waals surface area contributed by atoms with Crippen LogP contribution in [0.25, 0.3) is 0 Å². The second kappa shape index (κ2) is 7.30. The van der Waals surface area contributed by atoms with Gasteiger partial charge in [0, 0.05) is 12.5 Å². The Morgan fingerprint density at radius 3 is 2.05 bits per heavy atom. The van der Waals surface area contributed by atoms with Crippen molar-refractivity contribution in [3.05, 3.63) is 35.4 Å². The van der Waals surface area contributed by atoms with Gasteiger partial charge in [0.2, 0.25) is 0 Å². The fourth-order valence-electron chi connectivity index (χ4n) is 2.33. The van der Waals surface area contributed by atoms with Gasteiger partial charge in [-0.15, -0.1) is 0 Å². The number of likely N-dealkylation sites (N-methyl/N-ethyl adjacent to an activating group) is 1. The maximum Gasteiger partial charge on any atom is 0.389 e. The zero-order valence-corrected chi connectivity index (χ0v) is 13.3. The van der Waals surface area contributed by atoms with Gasteiger partial charge in [0.25, 0.3) is 0 Å². The quantitative estimate of drug-likeness (QED) is 0.792. The minimum atomic E-state index is -4.08. The van der Waals surface area contributed by atoms with E-state index in [1.54, 1.807) is 0 Å². The molecule has 0 spiro atoms. The molecule has 0 aliphatic heterocycles. The topological polar surface area (TPSA) is 12.0 Å². The summed E-state index contributed by atoms with van der Waals surface area (Å²) < 4.78 is 37.1. The highest BCUT2D eigenvalue weighted by atomic mass is 19.4. The van der Waals surface area contributed by atoms with Crippen LogP contribution < -0.4 is 5.32 Å². The van der Waals surface area contributed by atoms with E-state index in [0.29, 0.717) is 13.0 Å². The molecule has 1 nitrogen and oxygen atoms in total. The number of hydrogen-bond donors (Lipinski definition) is 1. The van der Waals surface area contributed by atoms with Crippen LogP contribution in [0.4, 0.5) is 13.2 Å². The third-order valence-corrected chi connectivity index (χ3v) is 3.57. The molecule has 0 aliphatic rings. The van der Waals surface area contributed by atoms with Gasteiger partial charge < -0.3 is 5.32 Å². The van der Waals surface area contributed by atoms with Crippen molar-refractivity contribution in [2.24, 2.45) is 0 Å². The van der Waals surface area contributed by atoms with E-state index in [2.05, 4.69) is 38.2 Å². The van der Waals surface area contributed by atoms with Gasteiger partial charge >= 0.3 is 6.18 Å². The van der Waals surface area contributed by atoms with Gasteiger partial charge in [-0.05, 0) is 35.9 Å². The first kappa shape index (κ1) is 18.0. The zero-order valence-electron chi connectivity index (χ0n) is 13.3. The lowest BCUT2D eigenvalue weighted by molar-refractivity contribution is -0.136. The fourth-order valence-corrected chi connectivity index (χ4v) is 2.33. The summed E-state index contributed by atoms with van der Waals surface area (Å²) in [6, 6.07) is 8.07. The number of alkyl halides is 3. The molecule has 1 rings (SSSR count). The van der Waals surface area contributed by atoms with Gasteiger partial charge in [0.05, 0.1) is 0 Å². The van der Waals surface area contributed by atoms with Gasteiger partial charge in [-0.1, -0.05) is 52.0 Å². The third kappa shape index (κ3) is 6.98. The molecule has 0 aromatic heterocycles. The van der Waals surface area contributed by atoms with Crippen molar-refractivity contribution in [3.63, 3.8) is 0 Å². The van der Waals surface area contributed by atoms with Crippen molar-refractivity contribution >= 4 is 0 Å². The molecule has 1 aromatic carbocycles. The Morgan fingerprint density at radius 2 is 1.62 bits per heavy atom. The summed E-state index contributed by atoms with van der Waals surface area (Å²) in [7, 11) is 0. The molecule has 0 amide bonds. The first-order valence-corrected chi connectivity index (χ1v) is 7.51. The second-order valence-electron chi connectivity index (χ2n) is 6.56. The first-order chi connectivity index (χ1) is 9.62. The molecule has 1 atom stereocenters. The average molecular weight is 301 g/mol. The molecule has 4 heteroatoms. The van der Waals surface area contributed by atoms with Crippen LogP contribution in [0.3, 0.4) is 0 Å². The minimum Gasteiger partial charge on any atom is -0.314 e. The van der Waals surface area contributed by atoms with Crippen LogP contribution >= 0.6 is 0 Å². The van der Waals surface area contributed by atoms with Crippen LogP contribution in [-0.4, -0.2) is 18.8 Å². The van der Waals surface area contributed by atoms with Crippen LogP contribution in [0, 0.1) is 0 Å². The van der Waals surface area contributed by atoms with Crippen molar-refractivity contribution in [3.8, 4) is 0 Å². The molecular weight excluding hydrogens is 275 g/mol. The zero-order chi connectivity index (χ0) is 16.1. The van der Waals surface area contributed by atoms with Crippen molar-refractivity contribution in [1.29, 1.82) is 0 Å². The third-order valence-electron chi connectivity index (χ3n) is 3.57. The summed E-state index contributed by atoms with van der Waals surface area (Å²) >= 11 is 0. The van der Waals surface area contributed by atoms with E-state index in [9.17, 15) is 13.2 Å². The second-order valence-corrected chi connectivity index (χ2v) is 6.56. The number of benzene rings is 1. The van der Waals surface area contributed by atoms with Crippen molar-refractivity contribution in [1.82, 2.24) is 5.32 Å². The predicted octanol–water partition coefficient (Wildman–Crippen LogP) is 4.85. The number of rotatable bonds is 6. The molecule has 0 saturated carbocycles. The predicted molar refractivity (Wildman–Crippen MR) is 81.6 cm³/mol.